The van der Waals surface area contributed by atoms with E-state index in [-0.39, 0.29) is 12.5 Å². The molecule has 3 aromatic rings. The molecule has 2 aromatic carbocycles. The Balaban J connectivity index is 1.75. The van der Waals surface area contributed by atoms with Crippen molar-refractivity contribution in [3.05, 3.63) is 64.0 Å². The maximum atomic E-state index is 12.5. The Morgan fingerprint density at radius 3 is 2.92 bits per heavy atom. The summed E-state index contributed by atoms with van der Waals surface area (Å²) in [6, 6.07) is 15.3. The second kappa shape index (κ2) is 6.62. The van der Waals surface area contributed by atoms with Crippen molar-refractivity contribution in [1.82, 2.24) is 4.98 Å². The Bertz CT molecular complexity index is 1040. The molecule has 1 amide bonds. The van der Waals surface area contributed by atoms with E-state index in [1.54, 1.807) is 22.3 Å². The van der Waals surface area contributed by atoms with Crippen molar-refractivity contribution in [3.8, 4) is 23.1 Å². The maximum Gasteiger partial charge on any atom is 0.265 e. The third-order valence-electron chi connectivity index (χ3n) is 4.28. The summed E-state index contributed by atoms with van der Waals surface area (Å²) in [7, 11) is 0. The fourth-order valence-electron chi connectivity index (χ4n) is 2.97. The number of rotatable bonds is 3. The van der Waals surface area contributed by atoms with Gasteiger partial charge in [-0.15, -0.1) is 11.3 Å². The summed E-state index contributed by atoms with van der Waals surface area (Å²) >= 11 is 1.59. The Labute approximate surface area is 155 Å². The molecule has 6 heteroatoms. The van der Waals surface area contributed by atoms with Gasteiger partial charge in [-0.25, -0.2) is 4.98 Å². The molecule has 4 rings (SSSR count). The van der Waals surface area contributed by atoms with Gasteiger partial charge in [-0.05, 0) is 36.8 Å². The van der Waals surface area contributed by atoms with E-state index in [1.807, 2.05) is 48.7 Å². The van der Waals surface area contributed by atoms with E-state index in [4.69, 9.17) is 4.74 Å². The highest BCUT2D eigenvalue weighted by molar-refractivity contribution is 7.09. The van der Waals surface area contributed by atoms with E-state index in [9.17, 15) is 10.1 Å². The predicted molar refractivity (Wildman–Crippen MR) is 100 cm³/mol. The molecule has 0 fully saturated rings. The number of fused-ring (bicyclic) bond motifs is 1. The highest BCUT2D eigenvalue weighted by Gasteiger charge is 2.27. The van der Waals surface area contributed by atoms with Crippen LogP contribution >= 0.6 is 11.3 Å². The first kappa shape index (κ1) is 16.3. The van der Waals surface area contributed by atoms with Crippen molar-refractivity contribution in [1.29, 1.82) is 5.26 Å². The quantitative estimate of drug-likeness (QED) is 0.709. The van der Waals surface area contributed by atoms with Crippen molar-refractivity contribution in [2.45, 2.75) is 13.5 Å². The molecule has 1 aromatic heterocycles. The molecule has 128 valence electrons. The largest absolute Gasteiger partial charge is 0.482 e. The summed E-state index contributed by atoms with van der Waals surface area (Å²) < 4.78 is 5.58. The highest BCUT2D eigenvalue weighted by Crippen LogP contribution is 2.37. The number of benzene rings is 2. The van der Waals surface area contributed by atoms with Crippen molar-refractivity contribution < 1.29 is 9.53 Å². The Kier molecular flexibility index (Phi) is 4.15. The lowest BCUT2D eigenvalue weighted by Gasteiger charge is -2.30. The number of ether oxygens (including phenoxy) is 1. The van der Waals surface area contributed by atoms with Gasteiger partial charge < -0.3 is 9.64 Å². The van der Waals surface area contributed by atoms with E-state index >= 15 is 0 Å². The van der Waals surface area contributed by atoms with Crippen LogP contribution in [0.4, 0.5) is 5.69 Å². The van der Waals surface area contributed by atoms with E-state index in [0.717, 1.165) is 21.8 Å². The number of nitrogens with zero attached hydrogens (tertiary/aromatic N) is 3. The zero-order valence-corrected chi connectivity index (χ0v) is 14.9. The van der Waals surface area contributed by atoms with Crippen LogP contribution < -0.4 is 9.64 Å². The predicted octanol–water partition coefficient (Wildman–Crippen LogP) is 3.92. The standard InChI is InChI=1S/C20H15N3O2S/c1-13-22-17(12-26-13)14-6-7-19-18(8-14)23(20(24)11-25-19)10-16-5-3-2-4-15(16)9-21/h2-8,12H,10-11H2,1H3. The van der Waals surface area contributed by atoms with Gasteiger partial charge in [-0.2, -0.15) is 5.26 Å². The van der Waals surface area contributed by atoms with Crippen LogP contribution in [0.15, 0.2) is 47.8 Å². The Morgan fingerprint density at radius 2 is 2.15 bits per heavy atom. The van der Waals surface area contributed by atoms with Crippen LogP contribution in [0.5, 0.6) is 5.75 Å². The summed E-state index contributed by atoms with van der Waals surface area (Å²) in [6.45, 7) is 2.29. The third-order valence-corrected chi connectivity index (χ3v) is 5.06. The molecule has 2 heterocycles. The van der Waals surface area contributed by atoms with Crippen molar-refractivity contribution >= 4 is 22.9 Å². The number of nitriles is 1. The van der Waals surface area contributed by atoms with Crippen LogP contribution in [-0.2, 0) is 11.3 Å². The number of hydrogen-bond donors (Lipinski definition) is 0. The molecule has 0 saturated carbocycles. The molecule has 0 N–H and O–H groups in total. The summed E-state index contributed by atoms with van der Waals surface area (Å²) in [5.41, 5.74) is 3.90. The number of thiazole rings is 1. The van der Waals surface area contributed by atoms with Gasteiger partial charge in [0.2, 0.25) is 0 Å². The molecule has 0 spiro atoms. The molecule has 0 atom stereocenters. The second-order valence-electron chi connectivity index (χ2n) is 5.97. The second-order valence-corrected chi connectivity index (χ2v) is 7.03. The summed E-state index contributed by atoms with van der Waals surface area (Å²) in [6.07, 6.45) is 0. The van der Waals surface area contributed by atoms with E-state index in [0.29, 0.717) is 23.5 Å². The zero-order chi connectivity index (χ0) is 18.1. The minimum Gasteiger partial charge on any atom is -0.482 e. The number of amides is 1. The minimum absolute atomic E-state index is 0.00310. The van der Waals surface area contributed by atoms with Gasteiger partial charge in [0.25, 0.3) is 5.91 Å². The van der Waals surface area contributed by atoms with Crippen LogP contribution in [0.2, 0.25) is 0 Å². The lowest BCUT2D eigenvalue weighted by molar-refractivity contribution is -0.121. The molecule has 0 unspecified atom stereocenters. The average Bonchev–Trinajstić information content (AvgIpc) is 3.10. The number of aryl methyl sites for hydroxylation is 1. The van der Waals surface area contributed by atoms with Gasteiger partial charge in [-0.3, -0.25) is 4.79 Å². The molecule has 1 aliphatic rings. The van der Waals surface area contributed by atoms with Crippen LogP contribution in [0, 0.1) is 18.3 Å². The van der Waals surface area contributed by atoms with Gasteiger partial charge >= 0.3 is 0 Å². The first-order valence-corrected chi connectivity index (χ1v) is 9.01. The Morgan fingerprint density at radius 1 is 1.31 bits per heavy atom. The minimum atomic E-state index is -0.128. The van der Waals surface area contributed by atoms with Crippen molar-refractivity contribution in [3.63, 3.8) is 0 Å². The number of carbonyl (C=O) groups excluding carboxylic acids is 1. The molecule has 5 nitrogen and oxygen atoms in total. The van der Waals surface area contributed by atoms with Crippen LogP contribution in [0.1, 0.15) is 16.1 Å². The topological polar surface area (TPSA) is 66.2 Å². The van der Waals surface area contributed by atoms with Crippen LogP contribution in [0.25, 0.3) is 11.3 Å². The summed E-state index contributed by atoms with van der Waals surface area (Å²) in [5, 5.41) is 12.3. The molecule has 0 bridgehead atoms. The number of aromatic nitrogens is 1. The Hall–Kier alpha value is -3.17. The number of hydrogen-bond acceptors (Lipinski definition) is 5. The summed E-state index contributed by atoms with van der Waals surface area (Å²) in [4.78, 5) is 18.7. The molecule has 26 heavy (non-hydrogen) atoms. The first-order chi connectivity index (χ1) is 12.7. The van der Waals surface area contributed by atoms with Crippen LogP contribution in [-0.4, -0.2) is 17.5 Å². The monoisotopic (exact) mass is 361 g/mol. The zero-order valence-electron chi connectivity index (χ0n) is 14.1. The molecule has 0 saturated heterocycles. The number of carbonyl (C=O) groups is 1. The van der Waals surface area contributed by atoms with E-state index in [2.05, 4.69) is 11.1 Å². The van der Waals surface area contributed by atoms with Gasteiger partial charge in [-0.1, -0.05) is 18.2 Å². The van der Waals surface area contributed by atoms with E-state index in [1.165, 1.54) is 0 Å². The van der Waals surface area contributed by atoms with Crippen molar-refractivity contribution in [2.75, 3.05) is 11.5 Å². The first-order valence-electron chi connectivity index (χ1n) is 8.13. The lowest BCUT2D eigenvalue weighted by atomic mass is 10.1. The lowest BCUT2D eigenvalue weighted by Crippen LogP contribution is -2.38. The maximum absolute atomic E-state index is 12.5. The van der Waals surface area contributed by atoms with Crippen molar-refractivity contribution in [2.24, 2.45) is 0 Å². The van der Waals surface area contributed by atoms with Gasteiger partial charge in [0.1, 0.15) is 5.75 Å². The number of anilines is 1. The smallest absolute Gasteiger partial charge is 0.265 e. The van der Waals surface area contributed by atoms with Crippen LogP contribution in [0.3, 0.4) is 0 Å². The summed E-state index contributed by atoms with van der Waals surface area (Å²) in [5.74, 6) is 0.534. The average molecular weight is 361 g/mol. The third kappa shape index (κ3) is 2.93. The molecule has 1 aliphatic heterocycles. The normalized spacial score (nSPS) is 13.1. The van der Waals surface area contributed by atoms with Gasteiger partial charge in [0.05, 0.1) is 34.6 Å². The fourth-order valence-corrected chi connectivity index (χ4v) is 3.59. The molecule has 0 aliphatic carbocycles. The highest BCUT2D eigenvalue weighted by atomic mass is 32.1. The fraction of sp³-hybridized carbons (Fsp3) is 0.150. The molecule has 0 radical (unpaired) electrons. The van der Waals surface area contributed by atoms with E-state index < -0.39 is 0 Å². The van der Waals surface area contributed by atoms with Gasteiger partial charge in [0, 0.05) is 10.9 Å². The SMILES string of the molecule is Cc1nc(-c2ccc3c(c2)N(Cc2ccccc2C#N)C(=O)CO3)cs1. The van der Waals surface area contributed by atoms with Gasteiger partial charge in [0.15, 0.2) is 6.61 Å². The molecular formula is C20H15N3O2S. The molecular weight excluding hydrogens is 346 g/mol.